The number of anilines is 1. The zero-order chi connectivity index (χ0) is 16.0. The Kier molecular flexibility index (Phi) is 6.54. The molecule has 1 aromatic rings. The zero-order valence-electron chi connectivity index (χ0n) is 13.8. The third-order valence-corrected chi connectivity index (χ3v) is 4.83. The molecule has 0 bridgehead atoms. The summed E-state index contributed by atoms with van der Waals surface area (Å²) >= 11 is 5.94. The number of hydrogen-bond donors (Lipinski definition) is 2. The first-order valence-corrected chi connectivity index (χ1v) is 8.73. The van der Waals surface area contributed by atoms with E-state index in [-0.39, 0.29) is 12.0 Å². The molecule has 2 rings (SSSR count). The zero-order valence-corrected chi connectivity index (χ0v) is 14.6. The summed E-state index contributed by atoms with van der Waals surface area (Å²) in [5.41, 5.74) is 1.33. The van der Waals surface area contributed by atoms with Gasteiger partial charge in [0.2, 0.25) is 0 Å². The van der Waals surface area contributed by atoms with Gasteiger partial charge < -0.3 is 15.3 Å². The Labute approximate surface area is 139 Å². The Bertz CT molecular complexity index is 439. The van der Waals surface area contributed by atoms with E-state index in [9.17, 15) is 5.11 Å². The minimum Gasteiger partial charge on any atom is -0.396 e. The van der Waals surface area contributed by atoms with Crippen LogP contribution in [0.5, 0.6) is 0 Å². The lowest BCUT2D eigenvalue weighted by atomic mass is 9.89. The molecule has 0 aliphatic carbocycles. The minimum atomic E-state index is 0.0552. The molecular weight excluding hydrogens is 296 g/mol. The van der Waals surface area contributed by atoms with Crippen LogP contribution in [0.3, 0.4) is 0 Å². The van der Waals surface area contributed by atoms with Crippen molar-refractivity contribution in [2.24, 2.45) is 5.41 Å². The van der Waals surface area contributed by atoms with Crippen LogP contribution in [0.15, 0.2) is 24.3 Å². The van der Waals surface area contributed by atoms with Crippen molar-refractivity contribution in [2.75, 3.05) is 31.1 Å². The molecule has 0 spiro atoms. The Morgan fingerprint density at radius 1 is 1.23 bits per heavy atom. The van der Waals surface area contributed by atoms with Gasteiger partial charge in [-0.15, -0.1) is 0 Å². The van der Waals surface area contributed by atoms with Crippen LogP contribution in [0.4, 0.5) is 5.69 Å². The number of rotatable bonds is 7. The molecular formula is C18H29ClN2O. The quantitative estimate of drug-likeness (QED) is 0.751. The number of nitrogens with zero attached hydrogens (tertiary/aromatic N) is 1. The highest BCUT2D eigenvalue weighted by Crippen LogP contribution is 2.23. The fourth-order valence-electron chi connectivity index (χ4n) is 2.95. The average Bonchev–Trinajstić information content (AvgIpc) is 2.53. The lowest BCUT2D eigenvalue weighted by Gasteiger charge is -2.34. The van der Waals surface area contributed by atoms with E-state index in [0.29, 0.717) is 6.04 Å². The third kappa shape index (κ3) is 5.45. The van der Waals surface area contributed by atoms with Gasteiger partial charge in [0, 0.05) is 36.4 Å². The van der Waals surface area contributed by atoms with Gasteiger partial charge in [-0.3, -0.25) is 0 Å². The van der Waals surface area contributed by atoms with E-state index < -0.39 is 0 Å². The maximum atomic E-state index is 9.26. The monoisotopic (exact) mass is 324 g/mol. The highest BCUT2D eigenvalue weighted by atomic mass is 35.5. The first-order valence-electron chi connectivity index (χ1n) is 8.35. The molecule has 3 nitrogen and oxygen atoms in total. The molecule has 0 radical (unpaired) electrons. The summed E-state index contributed by atoms with van der Waals surface area (Å²) in [5.74, 6) is 0. The number of halogens is 1. The van der Waals surface area contributed by atoms with Gasteiger partial charge in [0.15, 0.2) is 0 Å². The first kappa shape index (κ1) is 17.6. The standard InChI is InChI=1S/C18H29ClN2O/c1-18(2,14-22)10-3-11-20-16-8-12-21(13-9-16)17-6-4-15(19)5-7-17/h4-7,16,20,22H,3,8-14H2,1-2H3. The van der Waals surface area contributed by atoms with Crippen LogP contribution >= 0.6 is 11.6 Å². The Morgan fingerprint density at radius 3 is 2.45 bits per heavy atom. The lowest BCUT2D eigenvalue weighted by Crippen LogP contribution is -2.43. The molecule has 0 atom stereocenters. The van der Waals surface area contributed by atoms with E-state index in [2.05, 4.69) is 36.2 Å². The van der Waals surface area contributed by atoms with Crippen LogP contribution in [-0.2, 0) is 0 Å². The van der Waals surface area contributed by atoms with Crippen LogP contribution in [0, 0.1) is 5.41 Å². The van der Waals surface area contributed by atoms with Crippen LogP contribution < -0.4 is 10.2 Å². The van der Waals surface area contributed by atoms with Gasteiger partial charge in [-0.05, 0) is 61.9 Å². The van der Waals surface area contributed by atoms with Gasteiger partial charge in [0.25, 0.3) is 0 Å². The number of piperidine rings is 1. The van der Waals surface area contributed by atoms with Crippen LogP contribution in [-0.4, -0.2) is 37.4 Å². The molecule has 0 amide bonds. The largest absolute Gasteiger partial charge is 0.396 e. The van der Waals surface area contributed by atoms with Crippen molar-refractivity contribution in [1.29, 1.82) is 0 Å². The predicted molar refractivity (Wildman–Crippen MR) is 94.8 cm³/mol. The van der Waals surface area contributed by atoms with Crippen molar-refractivity contribution in [3.8, 4) is 0 Å². The van der Waals surface area contributed by atoms with Gasteiger partial charge in [0.1, 0.15) is 0 Å². The second kappa shape index (κ2) is 8.19. The van der Waals surface area contributed by atoms with E-state index in [1.54, 1.807) is 0 Å². The smallest absolute Gasteiger partial charge is 0.0482 e. The normalized spacial score (nSPS) is 17.0. The van der Waals surface area contributed by atoms with Crippen molar-refractivity contribution < 1.29 is 5.11 Å². The molecule has 1 aliphatic rings. The van der Waals surface area contributed by atoms with E-state index in [1.807, 2.05) is 12.1 Å². The molecule has 0 aromatic heterocycles. The summed E-state index contributed by atoms with van der Waals surface area (Å²) in [7, 11) is 0. The summed E-state index contributed by atoms with van der Waals surface area (Å²) in [5, 5.41) is 13.7. The molecule has 0 unspecified atom stereocenters. The second-order valence-corrected chi connectivity index (χ2v) is 7.55. The van der Waals surface area contributed by atoms with Gasteiger partial charge in [-0.25, -0.2) is 0 Å². The molecule has 124 valence electrons. The number of hydrogen-bond acceptors (Lipinski definition) is 3. The Morgan fingerprint density at radius 2 is 1.86 bits per heavy atom. The highest BCUT2D eigenvalue weighted by molar-refractivity contribution is 6.30. The van der Waals surface area contributed by atoms with Crippen LogP contribution in [0.1, 0.15) is 39.5 Å². The van der Waals surface area contributed by atoms with Gasteiger partial charge >= 0.3 is 0 Å². The van der Waals surface area contributed by atoms with E-state index in [1.165, 1.54) is 18.5 Å². The second-order valence-electron chi connectivity index (χ2n) is 7.12. The number of aliphatic hydroxyl groups is 1. The minimum absolute atomic E-state index is 0.0552. The SMILES string of the molecule is CC(C)(CO)CCCNC1CCN(c2ccc(Cl)cc2)CC1. The van der Waals surface area contributed by atoms with Crippen molar-refractivity contribution in [2.45, 2.75) is 45.6 Å². The molecule has 1 saturated heterocycles. The highest BCUT2D eigenvalue weighted by Gasteiger charge is 2.20. The van der Waals surface area contributed by atoms with Gasteiger partial charge in [-0.2, -0.15) is 0 Å². The predicted octanol–water partition coefficient (Wildman–Crippen LogP) is 3.70. The first-order chi connectivity index (χ1) is 10.5. The Balaban J connectivity index is 1.66. The topological polar surface area (TPSA) is 35.5 Å². The maximum absolute atomic E-state index is 9.26. The molecule has 4 heteroatoms. The molecule has 2 N–H and O–H groups in total. The van der Waals surface area contributed by atoms with E-state index in [0.717, 1.165) is 37.5 Å². The van der Waals surface area contributed by atoms with Crippen LogP contribution in [0.25, 0.3) is 0 Å². The number of nitrogens with one attached hydrogen (secondary N) is 1. The third-order valence-electron chi connectivity index (χ3n) is 4.58. The Hall–Kier alpha value is -0.770. The molecule has 1 aliphatic heterocycles. The average molecular weight is 325 g/mol. The van der Waals surface area contributed by atoms with Crippen molar-refractivity contribution in [3.05, 3.63) is 29.3 Å². The summed E-state index contributed by atoms with van der Waals surface area (Å²) in [6.07, 6.45) is 4.57. The molecule has 1 aromatic carbocycles. The van der Waals surface area contributed by atoms with E-state index in [4.69, 9.17) is 11.6 Å². The molecule has 0 saturated carbocycles. The summed E-state index contributed by atoms with van der Waals surface area (Å²) in [6, 6.07) is 8.76. The van der Waals surface area contributed by atoms with Crippen molar-refractivity contribution in [1.82, 2.24) is 5.32 Å². The van der Waals surface area contributed by atoms with E-state index >= 15 is 0 Å². The fraction of sp³-hybridized carbons (Fsp3) is 0.667. The van der Waals surface area contributed by atoms with Crippen LogP contribution in [0.2, 0.25) is 5.02 Å². The molecule has 1 fully saturated rings. The number of aliphatic hydroxyl groups excluding tert-OH is 1. The van der Waals surface area contributed by atoms with Gasteiger partial charge in [-0.1, -0.05) is 25.4 Å². The molecule has 1 heterocycles. The summed E-state index contributed by atoms with van der Waals surface area (Å²) in [4.78, 5) is 2.43. The van der Waals surface area contributed by atoms with Crippen molar-refractivity contribution >= 4 is 17.3 Å². The van der Waals surface area contributed by atoms with Crippen molar-refractivity contribution in [3.63, 3.8) is 0 Å². The maximum Gasteiger partial charge on any atom is 0.0482 e. The molecule has 22 heavy (non-hydrogen) atoms. The fourth-order valence-corrected chi connectivity index (χ4v) is 3.07. The van der Waals surface area contributed by atoms with Gasteiger partial charge in [0.05, 0.1) is 0 Å². The lowest BCUT2D eigenvalue weighted by molar-refractivity contribution is 0.147. The summed E-state index contributed by atoms with van der Waals surface area (Å²) in [6.45, 7) is 7.76. The summed E-state index contributed by atoms with van der Waals surface area (Å²) < 4.78 is 0. The number of benzene rings is 1.